The van der Waals surface area contributed by atoms with Gasteiger partial charge in [-0.2, -0.15) is 13.2 Å². The minimum absolute atomic E-state index is 0.101. The summed E-state index contributed by atoms with van der Waals surface area (Å²) >= 11 is 0. The van der Waals surface area contributed by atoms with Crippen LogP contribution in [0.5, 0.6) is 5.75 Å². The largest absolute Gasteiger partial charge is 0.493 e. The SMILES string of the molecule is CCCCCC1CCC(C2CCC(COc3ccc(C4CCC(/C(F)=C/C(F)(F)F)CC4)c(F)c3)CC2)CC1. The van der Waals surface area contributed by atoms with Crippen LogP contribution >= 0.6 is 0 Å². The number of rotatable bonds is 10. The predicted octanol–water partition coefficient (Wildman–Crippen LogP) is 11.1. The molecule has 1 nitrogen and oxygen atoms in total. The van der Waals surface area contributed by atoms with Crippen molar-refractivity contribution in [2.75, 3.05) is 6.61 Å². The normalized spacial score (nSPS) is 30.8. The quantitative estimate of drug-likeness (QED) is 0.206. The van der Waals surface area contributed by atoms with Crippen LogP contribution in [0.4, 0.5) is 22.0 Å². The molecule has 39 heavy (non-hydrogen) atoms. The molecular weight excluding hydrogens is 507 g/mol. The summed E-state index contributed by atoms with van der Waals surface area (Å²) in [7, 11) is 0. The van der Waals surface area contributed by atoms with Gasteiger partial charge in [0.15, 0.2) is 0 Å². The summed E-state index contributed by atoms with van der Waals surface area (Å²) in [5.74, 6) is 1.51. The molecule has 3 aliphatic rings. The maximum Gasteiger partial charge on any atom is 0.412 e. The lowest BCUT2D eigenvalue weighted by Crippen LogP contribution is -2.27. The topological polar surface area (TPSA) is 9.23 Å². The standard InChI is InChI=1S/C33H47F5O/c1-2-3-4-5-23-6-10-25(11-7-23)26-12-8-24(9-13-26)22-39-29-18-19-30(31(34)20-29)27-14-16-28(17-15-27)32(35)21-33(36,37)38/h18-21,23-28H,2-17,22H2,1H3/b32-21-. The fourth-order valence-corrected chi connectivity index (χ4v) is 7.55. The maximum absolute atomic E-state index is 14.9. The van der Waals surface area contributed by atoms with E-state index in [1.807, 2.05) is 0 Å². The number of halogens is 5. The Morgan fingerprint density at radius 2 is 1.46 bits per heavy atom. The van der Waals surface area contributed by atoms with Crippen molar-refractivity contribution in [1.82, 2.24) is 0 Å². The van der Waals surface area contributed by atoms with Gasteiger partial charge < -0.3 is 4.74 Å². The molecule has 0 aliphatic heterocycles. The van der Waals surface area contributed by atoms with E-state index < -0.39 is 17.9 Å². The van der Waals surface area contributed by atoms with E-state index in [1.165, 1.54) is 83.1 Å². The van der Waals surface area contributed by atoms with Crippen molar-refractivity contribution in [3.05, 3.63) is 41.5 Å². The lowest BCUT2D eigenvalue weighted by Gasteiger charge is -2.38. The third-order valence-corrected chi connectivity index (χ3v) is 9.98. The van der Waals surface area contributed by atoms with Crippen LogP contribution in [0, 0.1) is 35.4 Å². The van der Waals surface area contributed by atoms with Gasteiger partial charge in [-0.25, -0.2) is 8.78 Å². The smallest absolute Gasteiger partial charge is 0.412 e. The molecule has 0 atom stereocenters. The monoisotopic (exact) mass is 554 g/mol. The molecule has 3 aliphatic carbocycles. The van der Waals surface area contributed by atoms with Crippen molar-refractivity contribution < 1.29 is 26.7 Å². The van der Waals surface area contributed by atoms with Crippen LogP contribution in [0.15, 0.2) is 30.1 Å². The number of allylic oxidation sites excluding steroid dienone is 2. The van der Waals surface area contributed by atoms with Gasteiger partial charge in [0.25, 0.3) is 0 Å². The van der Waals surface area contributed by atoms with Gasteiger partial charge in [-0.3, -0.25) is 0 Å². The van der Waals surface area contributed by atoms with Gasteiger partial charge >= 0.3 is 6.18 Å². The van der Waals surface area contributed by atoms with Crippen molar-refractivity contribution in [1.29, 1.82) is 0 Å². The van der Waals surface area contributed by atoms with Gasteiger partial charge in [-0.1, -0.05) is 51.5 Å². The lowest BCUT2D eigenvalue weighted by atomic mass is 9.69. The van der Waals surface area contributed by atoms with Crippen LogP contribution in [-0.2, 0) is 0 Å². The van der Waals surface area contributed by atoms with Gasteiger partial charge in [-0.15, -0.1) is 0 Å². The summed E-state index contributed by atoms with van der Waals surface area (Å²) in [6.45, 7) is 2.89. The Balaban J connectivity index is 1.16. The third-order valence-electron chi connectivity index (χ3n) is 9.98. The minimum Gasteiger partial charge on any atom is -0.493 e. The first-order valence-corrected chi connectivity index (χ1v) is 15.6. The molecule has 0 spiro atoms. The average Bonchev–Trinajstić information content (AvgIpc) is 2.92. The van der Waals surface area contributed by atoms with Crippen LogP contribution in [0.25, 0.3) is 0 Å². The Morgan fingerprint density at radius 1 is 0.846 bits per heavy atom. The predicted molar refractivity (Wildman–Crippen MR) is 147 cm³/mol. The van der Waals surface area contributed by atoms with Crippen molar-refractivity contribution in [2.24, 2.45) is 29.6 Å². The molecule has 1 aromatic carbocycles. The molecule has 3 saturated carbocycles. The molecule has 4 rings (SSSR count). The molecule has 0 aromatic heterocycles. The van der Waals surface area contributed by atoms with Crippen LogP contribution in [0.3, 0.4) is 0 Å². The van der Waals surface area contributed by atoms with Crippen molar-refractivity contribution >= 4 is 0 Å². The maximum atomic E-state index is 14.9. The molecule has 0 N–H and O–H groups in total. The summed E-state index contributed by atoms with van der Waals surface area (Å²) in [6, 6.07) is 4.99. The molecule has 0 unspecified atom stereocenters. The zero-order chi connectivity index (χ0) is 27.8. The number of ether oxygens (including phenoxy) is 1. The second kappa shape index (κ2) is 14.3. The van der Waals surface area contributed by atoms with E-state index in [0.29, 0.717) is 49.5 Å². The fraction of sp³-hybridized carbons (Fsp3) is 0.758. The third kappa shape index (κ3) is 9.21. The zero-order valence-corrected chi connectivity index (χ0v) is 23.6. The van der Waals surface area contributed by atoms with Gasteiger partial charge in [0.1, 0.15) is 17.4 Å². The van der Waals surface area contributed by atoms with E-state index in [9.17, 15) is 22.0 Å². The highest BCUT2D eigenvalue weighted by atomic mass is 19.4. The van der Waals surface area contributed by atoms with Gasteiger partial charge in [0.2, 0.25) is 0 Å². The Morgan fingerprint density at radius 3 is 2.03 bits per heavy atom. The molecule has 1 aromatic rings. The summed E-state index contributed by atoms with van der Waals surface area (Å²) in [5, 5.41) is 0. The van der Waals surface area contributed by atoms with Crippen LogP contribution < -0.4 is 4.74 Å². The molecule has 6 heteroatoms. The number of hydrogen-bond donors (Lipinski definition) is 0. The molecular formula is C33H47F5O. The van der Waals surface area contributed by atoms with Crippen molar-refractivity contribution in [3.63, 3.8) is 0 Å². The first kappa shape index (κ1) is 30.4. The molecule has 0 radical (unpaired) electrons. The van der Waals surface area contributed by atoms with Crippen molar-refractivity contribution in [3.8, 4) is 5.75 Å². The highest BCUT2D eigenvalue weighted by molar-refractivity contribution is 5.31. The average molecular weight is 555 g/mol. The Labute approximate surface area is 232 Å². The second-order valence-corrected chi connectivity index (χ2v) is 12.7. The highest BCUT2D eigenvalue weighted by Crippen LogP contribution is 2.43. The Kier molecular flexibility index (Phi) is 11.2. The first-order valence-electron chi connectivity index (χ1n) is 15.6. The van der Waals surface area contributed by atoms with Crippen LogP contribution in [-0.4, -0.2) is 12.8 Å². The molecule has 3 fully saturated rings. The molecule has 0 bridgehead atoms. The van der Waals surface area contributed by atoms with E-state index in [1.54, 1.807) is 12.1 Å². The van der Waals surface area contributed by atoms with Gasteiger partial charge in [0.05, 0.1) is 12.7 Å². The van der Waals surface area contributed by atoms with E-state index in [0.717, 1.165) is 17.8 Å². The Bertz CT molecular complexity index is 901. The van der Waals surface area contributed by atoms with Crippen LogP contribution in [0.1, 0.15) is 121 Å². The summed E-state index contributed by atoms with van der Waals surface area (Å²) in [5.41, 5.74) is 0.557. The van der Waals surface area contributed by atoms with E-state index >= 15 is 0 Å². The second-order valence-electron chi connectivity index (χ2n) is 12.7. The summed E-state index contributed by atoms with van der Waals surface area (Å²) in [6.07, 6.45) is 12.8. The van der Waals surface area contributed by atoms with Crippen molar-refractivity contribution in [2.45, 2.75) is 122 Å². The summed E-state index contributed by atoms with van der Waals surface area (Å²) in [4.78, 5) is 0. The Hall–Kier alpha value is -1.59. The number of alkyl halides is 3. The molecule has 0 amide bonds. The number of hydrogen-bond acceptors (Lipinski definition) is 1. The first-order chi connectivity index (χ1) is 18.7. The number of unbranched alkanes of at least 4 members (excludes halogenated alkanes) is 2. The van der Waals surface area contributed by atoms with Gasteiger partial charge in [-0.05, 0) is 105 Å². The summed E-state index contributed by atoms with van der Waals surface area (Å²) < 4.78 is 72.2. The van der Waals surface area contributed by atoms with E-state index in [2.05, 4.69) is 6.92 Å². The molecule has 220 valence electrons. The zero-order valence-electron chi connectivity index (χ0n) is 23.6. The highest BCUT2D eigenvalue weighted by Gasteiger charge is 2.32. The fourth-order valence-electron chi connectivity index (χ4n) is 7.55. The van der Waals surface area contributed by atoms with E-state index in [-0.39, 0.29) is 17.8 Å². The molecule has 0 heterocycles. The minimum atomic E-state index is -4.64. The van der Waals surface area contributed by atoms with Gasteiger partial charge in [0, 0.05) is 12.0 Å². The lowest BCUT2D eigenvalue weighted by molar-refractivity contribution is -0.0820. The molecule has 0 saturated heterocycles. The number of benzene rings is 1. The van der Waals surface area contributed by atoms with Crippen LogP contribution in [0.2, 0.25) is 0 Å². The van der Waals surface area contributed by atoms with E-state index in [4.69, 9.17) is 4.74 Å².